The average Bonchev–Trinajstić information content (AvgIpc) is 2.16. The molecule has 4 heteroatoms. The zero-order chi connectivity index (χ0) is 9.78. The fourth-order valence-electron chi connectivity index (χ4n) is 1.11. The van der Waals surface area contributed by atoms with E-state index in [4.69, 9.17) is 10.8 Å². The van der Waals surface area contributed by atoms with Crippen molar-refractivity contribution < 1.29 is 5.11 Å². The molecule has 80 valence electrons. The molecule has 0 saturated heterocycles. The van der Waals surface area contributed by atoms with Crippen LogP contribution < -0.4 is 16.4 Å². The molecule has 0 fully saturated rings. The monoisotopic (exact) mass is 189 g/mol. The van der Waals surface area contributed by atoms with E-state index in [0.29, 0.717) is 6.54 Å². The lowest BCUT2D eigenvalue weighted by atomic mass is 10.2. The van der Waals surface area contributed by atoms with Crippen LogP contribution in [0.1, 0.15) is 19.3 Å². The van der Waals surface area contributed by atoms with Gasteiger partial charge in [0.25, 0.3) is 0 Å². The van der Waals surface area contributed by atoms with E-state index in [-0.39, 0.29) is 6.61 Å². The van der Waals surface area contributed by atoms with Gasteiger partial charge in [0.05, 0.1) is 6.61 Å². The lowest BCUT2D eigenvalue weighted by Crippen LogP contribution is -2.23. The standard InChI is InChI=1S/C9H23N3O/c10-4-7-11-5-2-1-3-6-12-8-9-13/h11-13H,1-10H2. The van der Waals surface area contributed by atoms with Crippen LogP contribution in [0.15, 0.2) is 0 Å². The first-order chi connectivity index (χ1) is 6.41. The molecule has 0 aromatic carbocycles. The molecule has 0 aliphatic carbocycles. The molecule has 0 radical (unpaired) electrons. The quantitative estimate of drug-likeness (QED) is 0.343. The maximum Gasteiger partial charge on any atom is 0.0555 e. The summed E-state index contributed by atoms with van der Waals surface area (Å²) in [5.41, 5.74) is 5.33. The summed E-state index contributed by atoms with van der Waals surface area (Å²) in [6.07, 6.45) is 3.63. The lowest BCUT2D eigenvalue weighted by Gasteiger charge is -2.03. The lowest BCUT2D eigenvalue weighted by molar-refractivity contribution is 0.292. The Morgan fingerprint density at radius 3 is 2.00 bits per heavy atom. The van der Waals surface area contributed by atoms with E-state index in [1.165, 1.54) is 19.3 Å². The number of nitrogens with one attached hydrogen (secondary N) is 2. The van der Waals surface area contributed by atoms with Crippen LogP contribution in [0.3, 0.4) is 0 Å². The van der Waals surface area contributed by atoms with Gasteiger partial charge in [-0.05, 0) is 25.9 Å². The number of aliphatic hydroxyl groups excluding tert-OH is 1. The summed E-state index contributed by atoms with van der Waals surface area (Å²) in [5, 5.41) is 14.9. The highest BCUT2D eigenvalue weighted by atomic mass is 16.3. The van der Waals surface area contributed by atoms with Crippen LogP contribution in [-0.2, 0) is 0 Å². The van der Waals surface area contributed by atoms with E-state index in [1.54, 1.807) is 0 Å². The maximum atomic E-state index is 8.48. The molecule has 0 aliphatic rings. The number of aliphatic hydroxyl groups is 1. The minimum atomic E-state index is 0.234. The first kappa shape index (κ1) is 12.8. The molecule has 4 nitrogen and oxygen atoms in total. The van der Waals surface area contributed by atoms with Gasteiger partial charge >= 0.3 is 0 Å². The van der Waals surface area contributed by atoms with Crippen molar-refractivity contribution in [3.8, 4) is 0 Å². The third-order valence-electron chi connectivity index (χ3n) is 1.82. The van der Waals surface area contributed by atoms with Crippen molar-refractivity contribution in [1.29, 1.82) is 0 Å². The van der Waals surface area contributed by atoms with Gasteiger partial charge in [0.2, 0.25) is 0 Å². The molecular weight excluding hydrogens is 166 g/mol. The Morgan fingerprint density at radius 1 is 0.846 bits per heavy atom. The van der Waals surface area contributed by atoms with Crippen molar-refractivity contribution in [2.75, 3.05) is 39.3 Å². The summed E-state index contributed by atoms with van der Waals surface area (Å²) in [5.74, 6) is 0. The zero-order valence-corrected chi connectivity index (χ0v) is 8.39. The average molecular weight is 189 g/mol. The van der Waals surface area contributed by atoms with Gasteiger partial charge in [0, 0.05) is 19.6 Å². The molecule has 5 N–H and O–H groups in total. The van der Waals surface area contributed by atoms with Gasteiger partial charge in [-0.3, -0.25) is 0 Å². The predicted molar refractivity (Wildman–Crippen MR) is 55.7 cm³/mol. The molecule has 0 aromatic heterocycles. The van der Waals surface area contributed by atoms with Gasteiger partial charge in [0.15, 0.2) is 0 Å². The van der Waals surface area contributed by atoms with Gasteiger partial charge < -0.3 is 21.5 Å². The Labute approximate surface area is 80.9 Å². The number of rotatable bonds is 10. The van der Waals surface area contributed by atoms with E-state index < -0.39 is 0 Å². The smallest absolute Gasteiger partial charge is 0.0555 e. The Balaban J connectivity index is 2.76. The van der Waals surface area contributed by atoms with Crippen molar-refractivity contribution in [1.82, 2.24) is 10.6 Å². The Kier molecular flexibility index (Phi) is 11.7. The molecule has 0 heterocycles. The number of hydrogen-bond acceptors (Lipinski definition) is 4. The van der Waals surface area contributed by atoms with Gasteiger partial charge in [-0.15, -0.1) is 0 Å². The molecule has 0 saturated carbocycles. The summed E-state index contributed by atoms with van der Waals surface area (Å²) in [7, 11) is 0. The zero-order valence-electron chi connectivity index (χ0n) is 8.39. The summed E-state index contributed by atoms with van der Waals surface area (Å²) < 4.78 is 0. The van der Waals surface area contributed by atoms with Crippen LogP contribution >= 0.6 is 0 Å². The van der Waals surface area contributed by atoms with Crippen molar-refractivity contribution in [3.63, 3.8) is 0 Å². The van der Waals surface area contributed by atoms with Crippen molar-refractivity contribution in [2.45, 2.75) is 19.3 Å². The Hall–Kier alpha value is -0.160. The van der Waals surface area contributed by atoms with E-state index in [2.05, 4.69) is 10.6 Å². The second-order valence-electron chi connectivity index (χ2n) is 3.07. The van der Waals surface area contributed by atoms with Crippen molar-refractivity contribution in [2.24, 2.45) is 5.73 Å². The summed E-state index contributed by atoms with van der Waals surface area (Å²) >= 11 is 0. The molecular formula is C9H23N3O. The largest absolute Gasteiger partial charge is 0.395 e. The van der Waals surface area contributed by atoms with Gasteiger partial charge in [-0.2, -0.15) is 0 Å². The summed E-state index contributed by atoms with van der Waals surface area (Å²) in [4.78, 5) is 0. The SMILES string of the molecule is NCCNCCCCCNCCO. The maximum absolute atomic E-state index is 8.48. The van der Waals surface area contributed by atoms with Crippen LogP contribution in [0.25, 0.3) is 0 Å². The highest BCUT2D eigenvalue weighted by Crippen LogP contribution is 1.91. The molecule has 0 bridgehead atoms. The second-order valence-corrected chi connectivity index (χ2v) is 3.07. The molecule has 0 amide bonds. The third-order valence-corrected chi connectivity index (χ3v) is 1.82. The first-order valence-corrected chi connectivity index (χ1v) is 5.14. The molecule has 0 unspecified atom stereocenters. The van der Waals surface area contributed by atoms with Crippen LogP contribution in [0, 0.1) is 0 Å². The summed E-state index contributed by atoms with van der Waals surface area (Å²) in [6.45, 7) is 4.67. The van der Waals surface area contributed by atoms with Gasteiger partial charge in [-0.25, -0.2) is 0 Å². The van der Waals surface area contributed by atoms with Crippen molar-refractivity contribution >= 4 is 0 Å². The third kappa shape index (κ3) is 11.8. The number of nitrogens with two attached hydrogens (primary N) is 1. The highest BCUT2D eigenvalue weighted by Gasteiger charge is 1.89. The number of hydrogen-bond donors (Lipinski definition) is 4. The van der Waals surface area contributed by atoms with E-state index in [1.807, 2.05) is 0 Å². The van der Waals surface area contributed by atoms with E-state index in [0.717, 1.165) is 26.2 Å². The van der Waals surface area contributed by atoms with Crippen LogP contribution in [0.5, 0.6) is 0 Å². The second kappa shape index (κ2) is 11.8. The normalized spacial score (nSPS) is 10.6. The molecule has 0 rings (SSSR count). The summed E-state index contributed by atoms with van der Waals surface area (Å²) in [6, 6.07) is 0. The topological polar surface area (TPSA) is 70.3 Å². The van der Waals surface area contributed by atoms with E-state index in [9.17, 15) is 0 Å². The Morgan fingerprint density at radius 2 is 1.46 bits per heavy atom. The van der Waals surface area contributed by atoms with Crippen molar-refractivity contribution in [3.05, 3.63) is 0 Å². The molecule has 0 atom stereocenters. The van der Waals surface area contributed by atoms with Crippen LogP contribution in [0.4, 0.5) is 0 Å². The first-order valence-electron chi connectivity index (χ1n) is 5.14. The highest BCUT2D eigenvalue weighted by molar-refractivity contribution is 4.51. The van der Waals surface area contributed by atoms with Gasteiger partial charge in [-0.1, -0.05) is 6.42 Å². The van der Waals surface area contributed by atoms with E-state index >= 15 is 0 Å². The van der Waals surface area contributed by atoms with Crippen LogP contribution in [-0.4, -0.2) is 44.4 Å². The molecule has 0 aliphatic heterocycles. The minimum Gasteiger partial charge on any atom is -0.395 e. The molecule has 0 spiro atoms. The fraction of sp³-hybridized carbons (Fsp3) is 1.00. The fourth-order valence-corrected chi connectivity index (χ4v) is 1.11. The molecule has 13 heavy (non-hydrogen) atoms. The van der Waals surface area contributed by atoms with Crippen LogP contribution in [0.2, 0.25) is 0 Å². The molecule has 0 aromatic rings. The van der Waals surface area contributed by atoms with Gasteiger partial charge in [0.1, 0.15) is 0 Å². The Bertz CT molecular complexity index is 80.9. The predicted octanol–water partition coefficient (Wildman–Crippen LogP) is -0.713. The number of unbranched alkanes of at least 4 members (excludes halogenated alkanes) is 2. The minimum absolute atomic E-state index is 0.234.